The third kappa shape index (κ3) is 2.51. The number of rotatable bonds is 3. The zero-order valence-corrected chi connectivity index (χ0v) is 10.4. The normalized spacial score (nSPS) is 10.1. The van der Waals surface area contributed by atoms with Crippen LogP contribution in [0.3, 0.4) is 0 Å². The molecule has 2 N–H and O–H groups in total. The standard InChI is InChI=1S/C15H15NO2/c1-10-5-3-8-14(11(10)2)16-13-7-4-6-12(9-13)15(17)18/h3-9,16H,1-2H3,(H,17,18). The Labute approximate surface area is 106 Å². The minimum absolute atomic E-state index is 0.283. The van der Waals surface area contributed by atoms with E-state index in [2.05, 4.69) is 5.32 Å². The highest BCUT2D eigenvalue weighted by atomic mass is 16.4. The number of carboxylic acid groups (broad SMARTS) is 1. The van der Waals surface area contributed by atoms with Crippen LogP contribution in [0, 0.1) is 13.8 Å². The smallest absolute Gasteiger partial charge is 0.335 e. The lowest BCUT2D eigenvalue weighted by Crippen LogP contribution is -1.99. The third-order valence-corrected chi connectivity index (χ3v) is 2.99. The van der Waals surface area contributed by atoms with Gasteiger partial charge in [-0.3, -0.25) is 0 Å². The van der Waals surface area contributed by atoms with E-state index in [1.165, 1.54) is 11.1 Å². The van der Waals surface area contributed by atoms with Crippen LogP contribution in [-0.2, 0) is 0 Å². The van der Waals surface area contributed by atoms with Gasteiger partial charge in [0.15, 0.2) is 0 Å². The Hall–Kier alpha value is -2.29. The number of hydrogen-bond donors (Lipinski definition) is 2. The molecular formula is C15H15NO2. The maximum absolute atomic E-state index is 10.9. The van der Waals surface area contributed by atoms with Crippen LogP contribution in [0.25, 0.3) is 0 Å². The van der Waals surface area contributed by atoms with E-state index in [0.29, 0.717) is 0 Å². The van der Waals surface area contributed by atoms with Crippen LogP contribution in [0.2, 0.25) is 0 Å². The SMILES string of the molecule is Cc1cccc(Nc2cccc(C(=O)O)c2)c1C. The Morgan fingerprint density at radius 2 is 1.83 bits per heavy atom. The van der Waals surface area contributed by atoms with Gasteiger partial charge >= 0.3 is 5.97 Å². The molecule has 0 aliphatic heterocycles. The first kappa shape index (κ1) is 12.2. The minimum Gasteiger partial charge on any atom is -0.478 e. The van der Waals surface area contributed by atoms with E-state index in [1.807, 2.05) is 38.1 Å². The summed E-state index contributed by atoms with van der Waals surface area (Å²) in [7, 11) is 0. The molecule has 2 rings (SSSR count). The number of anilines is 2. The highest BCUT2D eigenvalue weighted by Crippen LogP contribution is 2.23. The Morgan fingerprint density at radius 3 is 2.56 bits per heavy atom. The summed E-state index contributed by atoms with van der Waals surface area (Å²) in [5.74, 6) is -0.917. The maximum atomic E-state index is 10.9. The first-order valence-electron chi connectivity index (χ1n) is 5.74. The number of carboxylic acids is 1. The molecule has 0 aliphatic rings. The lowest BCUT2D eigenvalue weighted by atomic mass is 10.1. The molecule has 0 aliphatic carbocycles. The van der Waals surface area contributed by atoms with Crippen molar-refractivity contribution in [2.75, 3.05) is 5.32 Å². The molecule has 0 aromatic heterocycles. The van der Waals surface area contributed by atoms with Crippen molar-refractivity contribution in [3.8, 4) is 0 Å². The van der Waals surface area contributed by atoms with Crippen molar-refractivity contribution in [1.82, 2.24) is 0 Å². The van der Waals surface area contributed by atoms with Crippen molar-refractivity contribution in [1.29, 1.82) is 0 Å². The zero-order chi connectivity index (χ0) is 13.1. The van der Waals surface area contributed by atoms with E-state index in [1.54, 1.807) is 18.2 Å². The highest BCUT2D eigenvalue weighted by Gasteiger charge is 2.05. The Balaban J connectivity index is 2.31. The number of nitrogens with one attached hydrogen (secondary N) is 1. The molecule has 3 heteroatoms. The molecule has 0 fully saturated rings. The second-order valence-electron chi connectivity index (χ2n) is 4.26. The molecule has 0 amide bonds. The summed E-state index contributed by atoms with van der Waals surface area (Å²) in [6, 6.07) is 12.8. The van der Waals surface area contributed by atoms with Crippen molar-refractivity contribution in [3.63, 3.8) is 0 Å². The number of benzene rings is 2. The first-order valence-corrected chi connectivity index (χ1v) is 5.74. The number of carbonyl (C=O) groups is 1. The topological polar surface area (TPSA) is 49.3 Å². The van der Waals surface area contributed by atoms with Crippen LogP contribution in [-0.4, -0.2) is 11.1 Å². The summed E-state index contributed by atoms with van der Waals surface area (Å²) in [4.78, 5) is 10.9. The first-order chi connectivity index (χ1) is 8.58. The fraction of sp³-hybridized carbons (Fsp3) is 0.133. The van der Waals surface area contributed by atoms with Gasteiger partial charge in [0, 0.05) is 11.4 Å². The molecule has 0 saturated carbocycles. The number of hydrogen-bond acceptors (Lipinski definition) is 2. The van der Waals surface area contributed by atoms with Crippen molar-refractivity contribution >= 4 is 17.3 Å². The molecule has 0 saturated heterocycles. The average molecular weight is 241 g/mol. The molecule has 2 aromatic rings. The molecule has 0 atom stereocenters. The van der Waals surface area contributed by atoms with Gasteiger partial charge in [-0.2, -0.15) is 0 Å². The van der Waals surface area contributed by atoms with Crippen molar-refractivity contribution in [3.05, 3.63) is 59.2 Å². The van der Waals surface area contributed by atoms with Gasteiger partial charge < -0.3 is 10.4 Å². The Kier molecular flexibility index (Phi) is 3.33. The van der Waals surface area contributed by atoms with Crippen LogP contribution in [0.1, 0.15) is 21.5 Å². The van der Waals surface area contributed by atoms with Crippen molar-refractivity contribution in [2.24, 2.45) is 0 Å². The minimum atomic E-state index is -0.917. The lowest BCUT2D eigenvalue weighted by Gasteiger charge is -2.11. The quantitative estimate of drug-likeness (QED) is 0.860. The predicted molar refractivity (Wildman–Crippen MR) is 72.6 cm³/mol. The molecule has 0 heterocycles. The summed E-state index contributed by atoms with van der Waals surface area (Å²) in [6.45, 7) is 4.09. The second kappa shape index (κ2) is 4.92. The molecule has 92 valence electrons. The van der Waals surface area contributed by atoms with E-state index in [-0.39, 0.29) is 5.56 Å². The Morgan fingerprint density at radius 1 is 1.11 bits per heavy atom. The largest absolute Gasteiger partial charge is 0.478 e. The van der Waals surface area contributed by atoms with Gasteiger partial charge in [-0.25, -0.2) is 4.79 Å². The molecule has 3 nitrogen and oxygen atoms in total. The van der Waals surface area contributed by atoms with E-state index in [0.717, 1.165) is 11.4 Å². The van der Waals surface area contributed by atoms with Crippen LogP contribution in [0.4, 0.5) is 11.4 Å². The van der Waals surface area contributed by atoms with Gasteiger partial charge in [-0.15, -0.1) is 0 Å². The third-order valence-electron chi connectivity index (χ3n) is 2.99. The second-order valence-corrected chi connectivity index (χ2v) is 4.26. The zero-order valence-electron chi connectivity index (χ0n) is 10.4. The van der Waals surface area contributed by atoms with E-state index >= 15 is 0 Å². The monoisotopic (exact) mass is 241 g/mol. The molecular weight excluding hydrogens is 226 g/mol. The van der Waals surface area contributed by atoms with Gasteiger partial charge in [-0.1, -0.05) is 18.2 Å². The number of aryl methyl sites for hydroxylation is 1. The summed E-state index contributed by atoms with van der Waals surface area (Å²) >= 11 is 0. The molecule has 0 radical (unpaired) electrons. The van der Waals surface area contributed by atoms with E-state index < -0.39 is 5.97 Å². The predicted octanol–water partition coefficient (Wildman–Crippen LogP) is 3.75. The van der Waals surface area contributed by atoms with Crippen molar-refractivity contribution in [2.45, 2.75) is 13.8 Å². The van der Waals surface area contributed by atoms with Gasteiger partial charge in [0.25, 0.3) is 0 Å². The van der Waals surface area contributed by atoms with Gasteiger partial charge in [0.1, 0.15) is 0 Å². The summed E-state index contributed by atoms with van der Waals surface area (Å²) < 4.78 is 0. The average Bonchev–Trinajstić information content (AvgIpc) is 2.35. The van der Waals surface area contributed by atoms with Crippen LogP contribution >= 0.6 is 0 Å². The van der Waals surface area contributed by atoms with Crippen LogP contribution < -0.4 is 5.32 Å². The summed E-state index contributed by atoms with van der Waals surface area (Å²) in [5, 5.41) is 12.2. The molecule has 0 spiro atoms. The van der Waals surface area contributed by atoms with E-state index in [4.69, 9.17) is 5.11 Å². The molecule has 18 heavy (non-hydrogen) atoms. The summed E-state index contributed by atoms with van der Waals surface area (Å²) in [5.41, 5.74) is 4.43. The summed E-state index contributed by atoms with van der Waals surface area (Å²) in [6.07, 6.45) is 0. The fourth-order valence-corrected chi connectivity index (χ4v) is 1.77. The lowest BCUT2D eigenvalue weighted by molar-refractivity contribution is 0.0697. The Bertz CT molecular complexity index is 591. The van der Waals surface area contributed by atoms with Crippen LogP contribution in [0.15, 0.2) is 42.5 Å². The van der Waals surface area contributed by atoms with Crippen molar-refractivity contribution < 1.29 is 9.90 Å². The van der Waals surface area contributed by atoms with Crippen LogP contribution in [0.5, 0.6) is 0 Å². The fourth-order valence-electron chi connectivity index (χ4n) is 1.77. The molecule has 2 aromatic carbocycles. The number of aromatic carboxylic acids is 1. The maximum Gasteiger partial charge on any atom is 0.335 e. The highest BCUT2D eigenvalue weighted by molar-refractivity contribution is 5.89. The van der Waals surface area contributed by atoms with Gasteiger partial charge in [0.05, 0.1) is 5.56 Å². The van der Waals surface area contributed by atoms with Gasteiger partial charge in [-0.05, 0) is 49.2 Å². The molecule has 0 bridgehead atoms. The molecule has 0 unspecified atom stereocenters. The van der Waals surface area contributed by atoms with Gasteiger partial charge in [0.2, 0.25) is 0 Å². The van der Waals surface area contributed by atoms with E-state index in [9.17, 15) is 4.79 Å².